The Hall–Kier alpha value is -2.75. The number of amides is 1. The maximum Gasteiger partial charge on any atom is 0.248 e. The Morgan fingerprint density at radius 1 is 1.12 bits per heavy atom. The summed E-state index contributed by atoms with van der Waals surface area (Å²) in [6, 6.07) is 14.9. The van der Waals surface area contributed by atoms with E-state index in [4.69, 9.17) is 9.47 Å². The van der Waals surface area contributed by atoms with Gasteiger partial charge in [0.15, 0.2) is 0 Å². The van der Waals surface area contributed by atoms with E-state index in [1.165, 1.54) is 6.08 Å². The molecule has 126 valence electrons. The van der Waals surface area contributed by atoms with E-state index in [1.54, 1.807) is 6.08 Å². The Balaban J connectivity index is 1.95. The van der Waals surface area contributed by atoms with Gasteiger partial charge in [0.2, 0.25) is 5.91 Å². The largest absolute Gasteiger partial charge is 0.494 e. The summed E-state index contributed by atoms with van der Waals surface area (Å²) in [6.45, 7) is 6.51. The lowest BCUT2D eigenvalue weighted by molar-refractivity contribution is -0.111. The molecule has 1 N–H and O–H groups in total. The highest BCUT2D eigenvalue weighted by Crippen LogP contribution is 2.17. The summed E-state index contributed by atoms with van der Waals surface area (Å²) in [5, 5.41) is 2.82. The molecule has 0 saturated carbocycles. The highest BCUT2D eigenvalue weighted by Gasteiger charge is 2.00. The van der Waals surface area contributed by atoms with Gasteiger partial charge in [0.05, 0.1) is 12.7 Å². The fourth-order valence-electron chi connectivity index (χ4n) is 2.12. The molecule has 1 amide bonds. The SMILES string of the molecule is CCOc1ccc(NC(=O)/C=C/c2cccc(OC(C)C)c2)cc1. The van der Waals surface area contributed by atoms with Crippen molar-refractivity contribution < 1.29 is 14.3 Å². The van der Waals surface area contributed by atoms with Crippen LogP contribution in [0.25, 0.3) is 6.08 Å². The van der Waals surface area contributed by atoms with Gasteiger partial charge in [-0.25, -0.2) is 0 Å². The standard InChI is InChI=1S/C20H23NO3/c1-4-23-18-11-9-17(10-12-18)21-20(22)13-8-16-6-5-7-19(14-16)24-15(2)3/h5-15H,4H2,1-3H3,(H,21,22)/b13-8+. The summed E-state index contributed by atoms with van der Waals surface area (Å²) in [5.74, 6) is 1.39. The van der Waals surface area contributed by atoms with Crippen molar-refractivity contribution in [3.63, 3.8) is 0 Å². The molecule has 4 heteroatoms. The topological polar surface area (TPSA) is 47.6 Å². The smallest absolute Gasteiger partial charge is 0.248 e. The molecule has 0 radical (unpaired) electrons. The second-order valence-corrected chi connectivity index (χ2v) is 5.52. The lowest BCUT2D eigenvalue weighted by atomic mass is 10.2. The molecule has 4 nitrogen and oxygen atoms in total. The molecule has 2 aromatic rings. The van der Waals surface area contributed by atoms with Crippen LogP contribution >= 0.6 is 0 Å². The quantitative estimate of drug-likeness (QED) is 0.761. The molecule has 0 bridgehead atoms. The normalized spacial score (nSPS) is 10.8. The minimum Gasteiger partial charge on any atom is -0.494 e. The molecule has 0 aliphatic carbocycles. The fraction of sp³-hybridized carbons (Fsp3) is 0.250. The number of nitrogens with one attached hydrogen (secondary N) is 1. The number of benzene rings is 2. The molecule has 0 atom stereocenters. The average Bonchev–Trinajstić information content (AvgIpc) is 2.55. The molecular weight excluding hydrogens is 302 g/mol. The predicted molar refractivity (Wildman–Crippen MR) is 97.5 cm³/mol. The van der Waals surface area contributed by atoms with Crippen molar-refractivity contribution in [2.75, 3.05) is 11.9 Å². The van der Waals surface area contributed by atoms with Gasteiger partial charge in [0.25, 0.3) is 0 Å². The van der Waals surface area contributed by atoms with Crippen LogP contribution in [0.2, 0.25) is 0 Å². The Morgan fingerprint density at radius 2 is 1.88 bits per heavy atom. The maximum absolute atomic E-state index is 12.0. The zero-order chi connectivity index (χ0) is 17.4. The molecular formula is C20H23NO3. The molecule has 0 fully saturated rings. The van der Waals surface area contributed by atoms with Gasteiger partial charge in [-0.05, 0) is 68.8 Å². The molecule has 2 rings (SSSR count). The zero-order valence-corrected chi connectivity index (χ0v) is 14.3. The maximum atomic E-state index is 12.0. The van der Waals surface area contributed by atoms with E-state index < -0.39 is 0 Å². The van der Waals surface area contributed by atoms with E-state index in [1.807, 2.05) is 69.3 Å². The van der Waals surface area contributed by atoms with Crippen LogP contribution in [0.5, 0.6) is 11.5 Å². The highest BCUT2D eigenvalue weighted by molar-refractivity contribution is 6.01. The van der Waals surface area contributed by atoms with Gasteiger partial charge in [-0.2, -0.15) is 0 Å². The first-order valence-corrected chi connectivity index (χ1v) is 8.05. The van der Waals surface area contributed by atoms with Crippen LogP contribution in [-0.2, 0) is 4.79 Å². The van der Waals surface area contributed by atoms with Crippen molar-refractivity contribution in [1.29, 1.82) is 0 Å². The van der Waals surface area contributed by atoms with E-state index in [-0.39, 0.29) is 12.0 Å². The van der Waals surface area contributed by atoms with Crippen LogP contribution < -0.4 is 14.8 Å². The number of rotatable bonds is 7. The lowest BCUT2D eigenvalue weighted by Gasteiger charge is -2.09. The van der Waals surface area contributed by atoms with Gasteiger partial charge in [-0.15, -0.1) is 0 Å². The van der Waals surface area contributed by atoms with Crippen molar-refractivity contribution in [3.8, 4) is 11.5 Å². The van der Waals surface area contributed by atoms with Crippen molar-refractivity contribution in [2.45, 2.75) is 26.9 Å². The van der Waals surface area contributed by atoms with E-state index in [0.717, 1.165) is 22.7 Å². The summed E-state index contributed by atoms with van der Waals surface area (Å²) >= 11 is 0. The van der Waals surface area contributed by atoms with Crippen LogP contribution in [0.15, 0.2) is 54.6 Å². The van der Waals surface area contributed by atoms with Gasteiger partial charge >= 0.3 is 0 Å². The third kappa shape index (κ3) is 5.80. The van der Waals surface area contributed by atoms with Gasteiger partial charge in [0.1, 0.15) is 11.5 Å². The predicted octanol–water partition coefficient (Wildman–Crippen LogP) is 4.52. The zero-order valence-electron chi connectivity index (χ0n) is 14.3. The molecule has 0 heterocycles. The third-order valence-electron chi connectivity index (χ3n) is 3.09. The monoisotopic (exact) mass is 325 g/mol. The average molecular weight is 325 g/mol. The Bertz CT molecular complexity index is 690. The fourth-order valence-corrected chi connectivity index (χ4v) is 2.12. The van der Waals surface area contributed by atoms with Gasteiger partial charge in [-0.3, -0.25) is 4.79 Å². The van der Waals surface area contributed by atoms with Crippen LogP contribution in [0.3, 0.4) is 0 Å². The summed E-state index contributed by atoms with van der Waals surface area (Å²) < 4.78 is 11.0. The van der Waals surface area contributed by atoms with E-state index >= 15 is 0 Å². The molecule has 0 aromatic heterocycles. The Morgan fingerprint density at radius 3 is 2.54 bits per heavy atom. The highest BCUT2D eigenvalue weighted by atomic mass is 16.5. The van der Waals surface area contributed by atoms with Crippen molar-refractivity contribution >= 4 is 17.7 Å². The number of carbonyl (C=O) groups is 1. The van der Waals surface area contributed by atoms with Crippen LogP contribution in [-0.4, -0.2) is 18.6 Å². The van der Waals surface area contributed by atoms with Crippen LogP contribution in [0.1, 0.15) is 26.3 Å². The van der Waals surface area contributed by atoms with Crippen molar-refractivity contribution in [1.82, 2.24) is 0 Å². The summed E-state index contributed by atoms with van der Waals surface area (Å²) in [6.07, 6.45) is 3.38. The van der Waals surface area contributed by atoms with Gasteiger partial charge < -0.3 is 14.8 Å². The lowest BCUT2D eigenvalue weighted by Crippen LogP contribution is -2.07. The molecule has 0 spiro atoms. The molecule has 24 heavy (non-hydrogen) atoms. The van der Waals surface area contributed by atoms with E-state index in [2.05, 4.69) is 5.32 Å². The minimum absolute atomic E-state index is 0.118. The minimum atomic E-state index is -0.186. The van der Waals surface area contributed by atoms with Crippen LogP contribution in [0.4, 0.5) is 5.69 Å². The molecule has 2 aromatic carbocycles. The first-order chi connectivity index (χ1) is 11.6. The Kier molecular flexibility index (Phi) is 6.43. The second-order valence-electron chi connectivity index (χ2n) is 5.52. The summed E-state index contributed by atoms with van der Waals surface area (Å²) in [7, 11) is 0. The van der Waals surface area contributed by atoms with Gasteiger partial charge in [-0.1, -0.05) is 12.1 Å². The third-order valence-corrected chi connectivity index (χ3v) is 3.09. The summed E-state index contributed by atoms with van der Waals surface area (Å²) in [4.78, 5) is 12.0. The van der Waals surface area contributed by atoms with E-state index in [9.17, 15) is 4.79 Å². The number of ether oxygens (including phenoxy) is 2. The van der Waals surface area contributed by atoms with Crippen LogP contribution in [0, 0.1) is 0 Å². The number of carbonyl (C=O) groups excluding carboxylic acids is 1. The van der Waals surface area contributed by atoms with Gasteiger partial charge in [0, 0.05) is 11.8 Å². The molecule has 0 aliphatic heterocycles. The molecule has 0 unspecified atom stereocenters. The summed E-state index contributed by atoms with van der Waals surface area (Å²) in [5.41, 5.74) is 1.64. The molecule has 0 aliphatic rings. The Labute approximate surface area is 143 Å². The number of anilines is 1. The second kappa shape index (κ2) is 8.77. The van der Waals surface area contributed by atoms with Crippen molar-refractivity contribution in [2.24, 2.45) is 0 Å². The first kappa shape index (κ1) is 17.6. The van der Waals surface area contributed by atoms with Crippen molar-refractivity contribution in [3.05, 3.63) is 60.2 Å². The van der Waals surface area contributed by atoms with E-state index in [0.29, 0.717) is 6.61 Å². The number of hydrogen-bond acceptors (Lipinski definition) is 3. The first-order valence-electron chi connectivity index (χ1n) is 8.05. The number of hydrogen-bond donors (Lipinski definition) is 1. The molecule has 0 saturated heterocycles.